The van der Waals surface area contributed by atoms with Crippen molar-refractivity contribution in [3.8, 4) is 0 Å². The average Bonchev–Trinajstić information content (AvgIpc) is 3.46. The Balaban J connectivity index is 1.37. The molecule has 1 saturated heterocycles. The molecule has 1 N–H and O–H groups in total. The molecule has 1 aliphatic heterocycles. The topological polar surface area (TPSA) is 67.6 Å². The van der Waals surface area contributed by atoms with Crippen LogP contribution in [0.15, 0.2) is 22.6 Å². The number of hydrogen-bond donors (Lipinski definition) is 1. The Morgan fingerprint density at radius 1 is 1.09 bits per heavy atom. The van der Waals surface area contributed by atoms with Gasteiger partial charge in [-0.25, -0.2) is 4.79 Å². The van der Waals surface area contributed by atoms with Crippen LogP contribution in [0.2, 0.25) is 0 Å². The Kier molecular flexibility index (Phi) is 10.9. The number of aromatic nitrogens is 1. The summed E-state index contributed by atoms with van der Waals surface area (Å²) in [6.45, 7) is 7.10. The molecule has 0 radical (unpaired) electrons. The summed E-state index contributed by atoms with van der Waals surface area (Å²) in [7, 11) is 0. The third kappa shape index (κ3) is 8.56. The van der Waals surface area contributed by atoms with Gasteiger partial charge in [0.25, 0.3) is 6.01 Å². The van der Waals surface area contributed by atoms with E-state index in [1.807, 2.05) is 11.0 Å². The van der Waals surface area contributed by atoms with Gasteiger partial charge in [-0.3, -0.25) is 0 Å². The highest BCUT2D eigenvalue weighted by molar-refractivity contribution is 5.75. The first-order valence-corrected chi connectivity index (χ1v) is 13.2. The minimum atomic E-state index is -0.183. The maximum Gasteiger partial charge on any atom is 0.409 e. The number of amides is 1. The second-order valence-corrected chi connectivity index (χ2v) is 9.50. The molecule has 2 heterocycles. The first-order chi connectivity index (χ1) is 16.2. The number of fused-ring (bicyclic) bond motifs is 1. The number of carbonyl (C=O) groups excluding carboxylic acids is 1. The quantitative estimate of drug-likeness (QED) is 0.287. The van der Waals surface area contributed by atoms with Gasteiger partial charge in [-0.15, -0.1) is 0 Å². The number of nitrogens with zero attached hydrogens (tertiary/aromatic N) is 2. The zero-order valence-corrected chi connectivity index (χ0v) is 20.7. The molecule has 1 aromatic heterocycles. The van der Waals surface area contributed by atoms with Gasteiger partial charge in [0.1, 0.15) is 5.52 Å². The van der Waals surface area contributed by atoms with Crippen molar-refractivity contribution >= 4 is 23.2 Å². The van der Waals surface area contributed by atoms with E-state index in [0.717, 1.165) is 56.4 Å². The summed E-state index contributed by atoms with van der Waals surface area (Å²) in [4.78, 5) is 18.6. The highest BCUT2D eigenvalue weighted by Gasteiger charge is 2.27. The minimum absolute atomic E-state index is 0.183. The Morgan fingerprint density at radius 2 is 1.85 bits per heavy atom. The van der Waals surface area contributed by atoms with Gasteiger partial charge in [0.15, 0.2) is 5.58 Å². The molecule has 6 heteroatoms. The number of nitrogens with one attached hydrogen (secondary N) is 1. The number of benzene rings is 1. The fraction of sp³-hybridized carbons (Fsp3) is 0.704. The van der Waals surface area contributed by atoms with Crippen molar-refractivity contribution in [3.05, 3.63) is 23.8 Å². The molecule has 1 fully saturated rings. The Hall–Kier alpha value is -2.24. The van der Waals surface area contributed by atoms with Crippen molar-refractivity contribution in [1.29, 1.82) is 0 Å². The van der Waals surface area contributed by atoms with Crippen molar-refractivity contribution in [3.63, 3.8) is 0 Å². The van der Waals surface area contributed by atoms with Crippen LogP contribution in [0.1, 0.15) is 90.0 Å². The predicted octanol–water partition coefficient (Wildman–Crippen LogP) is 7.18. The average molecular weight is 458 g/mol. The molecule has 0 saturated carbocycles. The lowest BCUT2D eigenvalue weighted by Crippen LogP contribution is -2.30. The van der Waals surface area contributed by atoms with E-state index in [4.69, 9.17) is 9.15 Å². The standard InChI is InChI=1S/C27H43N3O3/c1-3-5-7-8-9-10-11-12-13-22-14-15-25-24(19-22)29-26(33-25)28-20-23-16-17-30(21-23)27(31)32-18-6-4-2/h14-15,19,23H,3-13,16-18,20-21H2,1-2H3,(H,28,29)/t23-/m0/s1. The van der Waals surface area contributed by atoms with E-state index in [9.17, 15) is 4.79 Å². The molecule has 1 atom stereocenters. The summed E-state index contributed by atoms with van der Waals surface area (Å²) < 4.78 is 11.2. The third-order valence-electron chi connectivity index (χ3n) is 6.58. The predicted molar refractivity (Wildman–Crippen MR) is 135 cm³/mol. The first-order valence-electron chi connectivity index (χ1n) is 13.2. The maximum atomic E-state index is 12.1. The number of carbonyl (C=O) groups is 1. The second kappa shape index (κ2) is 14.1. The monoisotopic (exact) mass is 457 g/mol. The summed E-state index contributed by atoms with van der Waals surface area (Å²) in [6, 6.07) is 6.93. The van der Waals surface area contributed by atoms with Crippen LogP contribution in [0, 0.1) is 5.92 Å². The zero-order valence-electron chi connectivity index (χ0n) is 20.7. The zero-order chi connectivity index (χ0) is 23.3. The van der Waals surface area contributed by atoms with Crippen molar-refractivity contribution in [2.24, 2.45) is 5.92 Å². The molecule has 33 heavy (non-hydrogen) atoms. The molecular formula is C27H43N3O3. The van der Waals surface area contributed by atoms with Crippen LogP contribution >= 0.6 is 0 Å². The van der Waals surface area contributed by atoms with E-state index in [-0.39, 0.29) is 6.09 Å². The summed E-state index contributed by atoms with van der Waals surface area (Å²) in [6.07, 6.45) is 14.6. The van der Waals surface area contributed by atoms with Gasteiger partial charge in [-0.05, 0) is 49.3 Å². The normalized spacial score (nSPS) is 15.9. The third-order valence-corrected chi connectivity index (χ3v) is 6.58. The molecule has 3 rings (SSSR count). The lowest BCUT2D eigenvalue weighted by atomic mass is 10.0. The molecule has 2 aromatic rings. The summed E-state index contributed by atoms with van der Waals surface area (Å²) >= 11 is 0. The highest BCUT2D eigenvalue weighted by atomic mass is 16.6. The van der Waals surface area contributed by atoms with Crippen LogP contribution in [0.5, 0.6) is 0 Å². The van der Waals surface area contributed by atoms with Crippen LogP contribution in [-0.4, -0.2) is 42.2 Å². The molecule has 0 bridgehead atoms. The first kappa shape index (κ1) is 25.4. The second-order valence-electron chi connectivity index (χ2n) is 9.50. The van der Waals surface area contributed by atoms with E-state index in [0.29, 0.717) is 18.5 Å². The van der Waals surface area contributed by atoms with E-state index in [1.165, 1.54) is 56.9 Å². The SMILES string of the molecule is CCCCCCCCCCc1ccc2oc(NC[C@@H]3CCN(C(=O)OCCCC)C3)nc2c1. The van der Waals surface area contributed by atoms with Gasteiger partial charge in [-0.1, -0.05) is 71.3 Å². The van der Waals surface area contributed by atoms with Crippen LogP contribution in [0.4, 0.5) is 10.8 Å². The molecular weight excluding hydrogens is 414 g/mol. The number of oxazole rings is 1. The number of likely N-dealkylation sites (tertiary alicyclic amines) is 1. The molecule has 0 unspecified atom stereocenters. The minimum Gasteiger partial charge on any atom is -0.449 e. The number of hydrogen-bond acceptors (Lipinski definition) is 5. The van der Waals surface area contributed by atoms with Gasteiger partial charge in [0, 0.05) is 19.6 Å². The number of unbranched alkanes of at least 4 members (excludes halogenated alkanes) is 8. The van der Waals surface area contributed by atoms with E-state index >= 15 is 0 Å². The lowest BCUT2D eigenvalue weighted by molar-refractivity contribution is 0.108. The Labute approximate surface area is 199 Å². The van der Waals surface area contributed by atoms with E-state index in [1.54, 1.807) is 0 Å². The molecule has 6 nitrogen and oxygen atoms in total. The number of rotatable bonds is 15. The molecule has 0 aliphatic carbocycles. The molecule has 0 spiro atoms. The highest BCUT2D eigenvalue weighted by Crippen LogP contribution is 2.23. The molecule has 184 valence electrons. The fourth-order valence-corrected chi connectivity index (χ4v) is 4.46. The fourth-order valence-electron chi connectivity index (χ4n) is 4.46. The van der Waals surface area contributed by atoms with Gasteiger partial charge in [0.05, 0.1) is 6.61 Å². The molecule has 1 aromatic carbocycles. The smallest absolute Gasteiger partial charge is 0.409 e. The number of anilines is 1. The van der Waals surface area contributed by atoms with Crippen LogP contribution in [0.3, 0.4) is 0 Å². The van der Waals surface area contributed by atoms with Crippen LogP contribution in [0.25, 0.3) is 11.1 Å². The van der Waals surface area contributed by atoms with Crippen molar-refractivity contribution in [2.45, 2.75) is 90.9 Å². The van der Waals surface area contributed by atoms with Crippen molar-refractivity contribution in [1.82, 2.24) is 9.88 Å². The van der Waals surface area contributed by atoms with Crippen LogP contribution in [-0.2, 0) is 11.2 Å². The van der Waals surface area contributed by atoms with E-state index in [2.05, 4.69) is 36.3 Å². The largest absolute Gasteiger partial charge is 0.449 e. The van der Waals surface area contributed by atoms with Crippen LogP contribution < -0.4 is 5.32 Å². The maximum absolute atomic E-state index is 12.1. The Morgan fingerprint density at radius 3 is 2.64 bits per heavy atom. The van der Waals surface area contributed by atoms with Crippen molar-refractivity contribution in [2.75, 3.05) is 31.6 Å². The molecule has 1 aliphatic rings. The number of aryl methyl sites for hydroxylation is 1. The molecule has 1 amide bonds. The number of ether oxygens (including phenoxy) is 1. The lowest BCUT2D eigenvalue weighted by Gasteiger charge is -2.16. The summed E-state index contributed by atoms with van der Waals surface area (Å²) in [5.74, 6) is 0.385. The van der Waals surface area contributed by atoms with Crippen molar-refractivity contribution < 1.29 is 13.9 Å². The van der Waals surface area contributed by atoms with E-state index < -0.39 is 0 Å². The summed E-state index contributed by atoms with van der Waals surface area (Å²) in [5, 5.41) is 3.33. The van der Waals surface area contributed by atoms with Gasteiger partial charge in [-0.2, -0.15) is 4.98 Å². The summed E-state index contributed by atoms with van der Waals surface area (Å²) in [5.41, 5.74) is 3.08. The van der Waals surface area contributed by atoms with Gasteiger partial charge >= 0.3 is 6.09 Å². The van der Waals surface area contributed by atoms with Gasteiger partial charge in [0.2, 0.25) is 0 Å². The Bertz CT molecular complexity index is 835. The van der Waals surface area contributed by atoms with Gasteiger partial charge < -0.3 is 19.4 Å².